The maximum Gasteiger partial charge on any atom is 0.165 e. The summed E-state index contributed by atoms with van der Waals surface area (Å²) >= 11 is 4.12. The summed E-state index contributed by atoms with van der Waals surface area (Å²) in [6.07, 6.45) is 3.02. The third-order valence-electron chi connectivity index (χ3n) is 2.09. The van der Waals surface area contributed by atoms with E-state index in [1.54, 1.807) is 6.07 Å². The van der Waals surface area contributed by atoms with Crippen LogP contribution in [0.4, 0.5) is 4.39 Å². The first-order valence-corrected chi connectivity index (χ1v) is 5.34. The molecule has 0 bridgehead atoms. The van der Waals surface area contributed by atoms with Gasteiger partial charge in [-0.15, -0.1) is 0 Å². The largest absolute Gasteiger partial charge is 0.494 e. The van der Waals surface area contributed by atoms with Gasteiger partial charge in [-0.1, -0.05) is 6.07 Å². The van der Waals surface area contributed by atoms with Crippen LogP contribution in [0.5, 0.6) is 5.75 Å². The Bertz CT molecular complexity index is 289. The zero-order valence-electron chi connectivity index (χ0n) is 8.29. The van der Waals surface area contributed by atoms with E-state index in [0.29, 0.717) is 5.75 Å². The predicted molar refractivity (Wildman–Crippen MR) is 59.7 cm³/mol. The summed E-state index contributed by atoms with van der Waals surface area (Å²) in [6, 6.07) is 5.11. The van der Waals surface area contributed by atoms with Crippen LogP contribution in [0.25, 0.3) is 0 Å². The minimum absolute atomic E-state index is 0.282. The Morgan fingerprint density at radius 1 is 1.36 bits per heavy atom. The maximum atomic E-state index is 13.2. The van der Waals surface area contributed by atoms with E-state index in [-0.39, 0.29) is 5.82 Å². The Kier molecular flexibility index (Phi) is 4.80. The van der Waals surface area contributed by atoms with Gasteiger partial charge in [-0.05, 0) is 42.7 Å². The number of hydrogen-bond acceptors (Lipinski definition) is 2. The van der Waals surface area contributed by atoms with Gasteiger partial charge in [0.1, 0.15) is 0 Å². The van der Waals surface area contributed by atoms with Crippen LogP contribution >= 0.6 is 12.6 Å². The van der Waals surface area contributed by atoms with Crippen molar-refractivity contribution in [3.05, 3.63) is 29.6 Å². The molecule has 1 aromatic rings. The lowest BCUT2D eigenvalue weighted by Gasteiger charge is -2.04. The molecule has 0 amide bonds. The van der Waals surface area contributed by atoms with Gasteiger partial charge in [0, 0.05) is 0 Å². The van der Waals surface area contributed by atoms with Crippen molar-refractivity contribution in [1.29, 1.82) is 0 Å². The molecule has 3 heteroatoms. The van der Waals surface area contributed by atoms with E-state index >= 15 is 0 Å². The molecule has 0 aliphatic heterocycles. The average molecular weight is 214 g/mol. The molecule has 0 aliphatic carbocycles. The van der Waals surface area contributed by atoms with Crippen LogP contribution < -0.4 is 4.74 Å². The molecule has 1 aromatic carbocycles. The SMILES string of the molecule is COc1ccc(CCCCS)cc1F. The fourth-order valence-corrected chi connectivity index (χ4v) is 1.53. The number of unbranched alkanes of at least 4 members (excludes halogenated alkanes) is 1. The molecule has 0 aliphatic rings. The Balaban J connectivity index is 2.57. The highest BCUT2D eigenvalue weighted by molar-refractivity contribution is 7.80. The molecule has 0 saturated carbocycles. The number of methoxy groups -OCH3 is 1. The maximum absolute atomic E-state index is 13.2. The first kappa shape index (κ1) is 11.4. The summed E-state index contributed by atoms with van der Waals surface area (Å²) in [5.74, 6) is 0.914. The Labute approximate surface area is 89.7 Å². The molecule has 0 aromatic heterocycles. The van der Waals surface area contributed by atoms with Gasteiger partial charge in [0.05, 0.1) is 7.11 Å². The van der Waals surface area contributed by atoms with Gasteiger partial charge < -0.3 is 4.74 Å². The molecule has 78 valence electrons. The molecule has 0 atom stereocenters. The second-order valence-electron chi connectivity index (χ2n) is 3.15. The minimum Gasteiger partial charge on any atom is -0.494 e. The third-order valence-corrected chi connectivity index (χ3v) is 2.41. The molecule has 14 heavy (non-hydrogen) atoms. The summed E-state index contributed by atoms with van der Waals surface area (Å²) in [6.45, 7) is 0. The second kappa shape index (κ2) is 5.91. The Morgan fingerprint density at radius 2 is 2.14 bits per heavy atom. The lowest BCUT2D eigenvalue weighted by molar-refractivity contribution is 0.386. The molecule has 1 nitrogen and oxygen atoms in total. The van der Waals surface area contributed by atoms with Crippen molar-refractivity contribution in [2.45, 2.75) is 19.3 Å². The quantitative estimate of drug-likeness (QED) is 0.585. The topological polar surface area (TPSA) is 9.23 Å². The van der Waals surface area contributed by atoms with Gasteiger partial charge in [-0.2, -0.15) is 12.6 Å². The predicted octanol–water partition coefficient (Wildman–Crippen LogP) is 3.09. The van der Waals surface area contributed by atoms with E-state index in [0.717, 1.165) is 30.6 Å². The summed E-state index contributed by atoms with van der Waals surface area (Å²) in [5.41, 5.74) is 1.02. The van der Waals surface area contributed by atoms with Crippen molar-refractivity contribution in [1.82, 2.24) is 0 Å². The highest BCUT2D eigenvalue weighted by Crippen LogP contribution is 2.18. The van der Waals surface area contributed by atoms with E-state index in [1.807, 2.05) is 6.07 Å². The molecule has 0 spiro atoms. The van der Waals surface area contributed by atoms with Crippen molar-refractivity contribution in [3.63, 3.8) is 0 Å². The van der Waals surface area contributed by atoms with Gasteiger partial charge >= 0.3 is 0 Å². The molecule has 0 radical (unpaired) electrons. The molecule has 0 saturated heterocycles. The number of benzene rings is 1. The van der Waals surface area contributed by atoms with Crippen LogP contribution in [0, 0.1) is 5.82 Å². The first-order valence-electron chi connectivity index (χ1n) is 4.71. The van der Waals surface area contributed by atoms with Crippen LogP contribution in [0.2, 0.25) is 0 Å². The van der Waals surface area contributed by atoms with E-state index in [4.69, 9.17) is 4.74 Å². The summed E-state index contributed by atoms with van der Waals surface area (Å²) < 4.78 is 18.1. The van der Waals surface area contributed by atoms with Gasteiger partial charge in [0.15, 0.2) is 11.6 Å². The molecule has 0 fully saturated rings. The molecular formula is C11H15FOS. The second-order valence-corrected chi connectivity index (χ2v) is 3.60. The molecule has 0 N–H and O–H groups in total. The van der Waals surface area contributed by atoms with E-state index < -0.39 is 0 Å². The van der Waals surface area contributed by atoms with Gasteiger partial charge in [-0.25, -0.2) is 4.39 Å². The fraction of sp³-hybridized carbons (Fsp3) is 0.455. The molecular weight excluding hydrogens is 199 g/mol. The summed E-state index contributed by atoms with van der Waals surface area (Å²) in [7, 11) is 1.47. The normalized spacial score (nSPS) is 10.2. The molecule has 0 unspecified atom stereocenters. The van der Waals surface area contributed by atoms with Crippen LogP contribution in [-0.4, -0.2) is 12.9 Å². The van der Waals surface area contributed by atoms with Crippen molar-refractivity contribution in [2.24, 2.45) is 0 Å². The van der Waals surface area contributed by atoms with Crippen molar-refractivity contribution in [2.75, 3.05) is 12.9 Å². The average Bonchev–Trinajstić information content (AvgIpc) is 2.18. The number of rotatable bonds is 5. The van der Waals surface area contributed by atoms with Crippen LogP contribution in [0.1, 0.15) is 18.4 Å². The van der Waals surface area contributed by atoms with Crippen molar-refractivity contribution in [3.8, 4) is 5.75 Å². The zero-order chi connectivity index (χ0) is 10.4. The zero-order valence-corrected chi connectivity index (χ0v) is 9.19. The van der Waals surface area contributed by atoms with Crippen LogP contribution in [0.15, 0.2) is 18.2 Å². The molecule has 1 rings (SSSR count). The van der Waals surface area contributed by atoms with Crippen LogP contribution in [-0.2, 0) is 6.42 Å². The monoisotopic (exact) mass is 214 g/mol. The highest BCUT2D eigenvalue weighted by Gasteiger charge is 2.02. The third kappa shape index (κ3) is 3.22. The van der Waals surface area contributed by atoms with E-state index in [9.17, 15) is 4.39 Å². The number of thiol groups is 1. The van der Waals surface area contributed by atoms with Crippen molar-refractivity contribution < 1.29 is 9.13 Å². The highest BCUT2D eigenvalue weighted by atomic mass is 32.1. The van der Waals surface area contributed by atoms with Crippen molar-refractivity contribution >= 4 is 12.6 Å². The Hall–Kier alpha value is -0.700. The lowest BCUT2D eigenvalue weighted by Crippen LogP contribution is -1.91. The van der Waals surface area contributed by atoms with Crippen LogP contribution in [0.3, 0.4) is 0 Å². The number of aryl methyl sites for hydroxylation is 1. The first-order chi connectivity index (χ1) is 6.77. The number of ether oxygens (including phenoxy) is 1. The summed E-state index contributed by atoms with van der Waals surface area (Å²) in [4.78, 5) is 0. The van der Waals surface area contributed by atoms with Gasteiger partial charge in [-0.3, -0.25) is 0 Å². The minimum atomic E-state index is -0.282. The summed E-state index contributed by atoms with van der Waals surface area (Å²) in [5, 5.41) is 0. The standard InChI is InChI=1S/C11H15FOS/c1-13-11-6-5-9(8-10(11)12)4-2-3-7-14/h5-6,8,14H,2-4,7H2,1H3. The lowest BCUT2D eigenvalue weighted by atomic mass is 10.1. The number of hydrogen-bond donors (Lipinski definition) is 1. The van der Waals surface area contributed by atoms with E-state index in [2.05, 4.69) is 12.6 Å². The van der Waals surface area contributed by atoms with Gasteiger partial charge in [0.25, 0.3) is 0 Å². The smallest absolute Gasteiger partial charge is 0.165 e. The van der Waals surface area contributed by atoms with E-state index in [1.165, 1.54) is 13.2 Å². The molecule has 0 heterocycles. The fourth-order valence-electron chi connectivity index (χ4n) is 1.31. The number of halogens is 1. The van der Waals surface area contributed by atoms with Gasteiger partial charge in [0.2, 0.25) is 0 Å². The Morgan fingerprint density at radius 3 is 2.71 bits per heavy atom.